The minimum Gasteiger partial charge on any atom is -0.481 e. The highest BCUT2D eigenvalue weighted by Gasteiger charge is 2.49. The van der Waals surface area contributed by atoms with Crippen LogP contribution in [0.3, 0.4) is 0 Å². The van der Waals surface area contributed by atoms with Gasteiger partial charge < -0.3 is 10.4 Å². The first-order chi connectivity index (χ1) is 9.70. The lowest BCUT2D eigenvalue weighted by atomic mass is 9.82. The number of carbonyl (C=O) groups excluding carboxylic acids is 1. The maximum Gasteiger partial charge on any atom is 0.307 e. The monoisotopic (exact) mass is 293 g/mol. The Morgan fingerprint density at radius 2 is 1.81 bits per heavy atom. The van der Waals surface area contributed by atoms with E-state index in [0.717, 1.165) is 5.56 Å². The highest BCUT2D eigenvalue weighted by Crippen LogP contribution is 2.40. The molecule has 0 radical (unpaired) electrons. The third-order valence-corrected chi connectivity index (χ3v) is 3.80. The van der Waals surface area contributed by atoms with E-state index in [1.54, 1.807) is 12.1 Å². The van der Waals surface area contributed by atoms with Gasteiger partial charge in [-0.3, -0.25) is 9.59 Å². The van der Waals surface area contributed by atoms with Gasteiger partial charge in [-0.15, -0.1) is 0 Å². The fourth-order valence-electron chi connectivity index (χ4n) is 2.46. The van der Waals surface area contributed by atoms with Crippen molar-refractivity contribution in [3.63, 3.8) is 0 Å². The van der Waals surface area contributed by atoms with Gasteiger partial charge in [0.15, 0.2) is 0 Å². The standard InChI is InChI=1S/C16H20FNO3/c1-16(2,3)13(9-4-6-10(17)7-5-9)18-14(19)11-8-12(11)15(20)21/h4-7,11-13H,8H2,1-3H3,(H,18,19)(H,20,21). The largest absolute Gasteiger partial charge is 0.481 e. The van der Waals surface area contributed by atoms with E-state index in [1.807, 2.05) is 20.8 Å². The fraction of sp³-hybridized carbons (Fsp3) is 0.500. The maximum atomic E-state index is 13.0. The van der Waals surface area contributed by atoms with Gasteiger partial charge in [0.05, 0.1) is 17.9 Å². The average molecular weight is 293 g/mol. The molecule has 1 fully saturated rings. The van der Waals surface area contributed by atoms with Gasteiger partial charge in [-0.25, -0.2) is 4.39 Å². The summed E-state index contributed by atoms with van der Waals surface area (Å²) in [7, 11) is 0. The molecule has 3 unspecified atom stereocenters. The van der Waals surface area contributed by atoms with Gasteiger partial charge >= 0.3 is 5.97 Å². The second-order valence-electron chi connectivity index (χ2n) is 6.65. The number of benzene rings is 1. The van der Waals surface area contributed by atoms with Crippen molar-refractivity contribution < 1.29 is 19.1 Å². The van der Waals surface area contributed by atoms with E-state index in [9.17, 15) is 14.0 Å². The first-order valence-corrected chi connectivity index (χ1v) is 6.99. The molecule has 5 heteroatoms. The molecule has 1 amide bonds. The summed E-state index contributed by atoms with van der Waals surface area (Å²) >= 11 is 0. The van der Waals surface area contributed by atoms with E-state index in [-0.39, 0.29) is 23.2 Å². The number of rotatable bonds is 4. The zero-order chi connectivity index (χ0) is 15.8. The Balaban J connectivity index is 2.13. The van der Waals surface area contributed by atoms with Crippen LogP contribution in [0.4, 0.5) is 4.39 Å². The van der Waals surface area contributed by atoms with E-state index >= 15 is 0 Å². The maximum absolute atomic E-state index is 13.0. The lowest BCUT2D eigenvalue weighted by molar-refractivity contribution is -0.140. The highest BCUT2D eigenvalue weighted by molar-refractivity contribution is 5.89. The van der Waals surface area contributed by atoms with Crippen molar-refractivity contribution >= 4 is 11.9 Å². The number of nitrogens with one attached hydrogen (secondary N) is 1. The van der Waals surface area contributed by atoms with Gasteiger partial charge in [-0.05, 0) is 29.5 Å². The normalized spacial score (nSPS) is 22.5. The molecule has 0 spiro atoms. The number of hydrogen-bond donors (Lipinski definition) is 2. The lowest BCUT2D eigenvalue weighted by Crippen LogP contribution is -2.38. The summed E-state index contributed by atoms with van der Waals surface area (Å²) in [4.78, 5) is 23.0. The van der Waals surface area contributed by atoms with Gasteiger partial charge in [-0.1, -0.05) is 32.9 Å². The zero-order valence-corrected chi connectivity index (χ0v) is 12.4. The van der Waals surface area contributed by atoms with E-state index in [1.165, 1.54) is 12.1 Å². The van der Waals surface area contributed by atoms with Gasteiger partial charge in [0.2, 0.25) is 5.91 Å². The van der Waals surface area contributed by atoms with Crippen LogP contribution in [0.2, 0.25) is 0 Å². The second kappa shape index (κ2) is 5.47. The molecule has 1 aromatic carbocycles. The number of hydrogen-bond acceptors (Lipinski definition) is 2. The summed E-state index contributed by atoms with van der Waals surface area (Å²) in [5.74, 6) is -2.52. The number of carbonyl (C=O) groups is 2. The number of amides is 1. The van der Waals surface area contributed by atoms with Crippen molar-refractivity contribution in [1.82, 2.24) is 5.32 Å². The molecule has 1 aliphatic carbocycles. The van der Waals surface area contributed by atoms with Crippen LogP contribution in [0.5, 0.6) is 0 Å². The molecule has 3 atom stereocenters. The average Bonchev–Trinajstić information content (AvgIpc) is 3.16. The quantitative estimate of drug-likeness (QED) is 0.897. The van der Waals surface area contributed by atoms with Crippen molar-refractivity contribution in [2.45, 2.75) is 33.2 Å². The number of halogens is 1. The molecule has 0 saturated heterocycles. The predicted molar refractivity (Wildman–Crippen MR) is 76.0 cm³/mol. The van der Waals surface area contributed by atoms with Crippen LogP contribution in [0.1, 0.15) is 38.8 Å². The van der Waals surface area contributed by atoms with Crippen LogP contribution in [-0.4, -0.2) is 17.0 Å². The molecule has 2 rings (SSSR count). The zero-order valence-electron chi connectivity index (χ0n) is 12.4. The third-order valence-electron chi connectivity index (χ3n) is 3.80. The molecule has 0 aliphatic heterocycles. The van der Waals surface area contributed by atoms with Crippen LogP contribution in [0.15, 0.2) is 24.3 Å². The Morgan fingerprint density at radius 3 is 2.24 bits per heavy atom. The molecule has 0 heterocycles. The summed E-state index contributed by atoms with van der Waals surface area (Å²) in [6.45, 7) is 5.93. The molecule has 0 aromatic heterocycles. The Labute approximate surface area is 123 Å². The van der Waals surface area contributed by atoms with Crippen LogP contribution >= 0.6 is 0 Å². The SMILES string of the molecule is CC(C)(C)C(NC(=O)C1CC1C(=O)O)c1ccc(F)cc1. The van der Waals surface area contributed by atoms with Crippen LogP contribution in [0, 0.1) is 23.1 Å². The molecule has 2 N–H and O–H groups in total. The molecular weight excluding hydrogens is 273 g/mol. The number of carboxylic acids is 1. The Hall–Kier alpha value is -1.91. The first-order valence-electron chi connectivity index (χ1n) is 6.99. The highest BCUT2D eigenvalue weighted by atomic mass is 19.1. The minimum atomic E-state index is -0.927. The molecule has 4 nitrogen and oxygen atoms in total. The minimum absolute atomic E-state index is 0.244. The van der Waals surface area contributed by atoms with E-state index in [4.69, 9.17) is 5.11 Å². The van der Waals surface area contributed by atoms with E-state index in [0.29, 0.717) is 6.42 Å². The number of aliphatic carboxylic acids is 1. The van der Waals surface area contributed by atoms with Crippen LogP contribution in [0.25, 0.3) is 0 Å². The molecule has 1 saturated carbocycles. The van der Waals surface area contributed by atoms with Crippen molar-refractivity contribution in [3.8, 4) is 0 Å². The van der Waals surface area contributed by atoms with Crippen molar-refractivity contribution in [2.24, 2.45) is 17.3 Å². The van der Waals surface area contributed by atoms with Crippen molar-refractivity contribution in [1.29, 1.82) is 0 Å². The summed E-state index contributed by atoms with van der Waals surface area (Å²) in [5.41, 5.74) is 0.547. The third kappa shape index (κ3) is 3.60. The lowest BCUT2D eigenvalue weighted by Gasteiger charge is -2.32. The van der Waals surface area contributed by atoms with Crippen molar-refractivity contribution in [2.75, 3.05) is 0 Å². The van der Waals surface area contributed by atoms with Gasteiger partial charge in [0, 0.05) is 0 Å². The topological polar surface area (TPSA) is 66.4 Å². The van der Waals surface area contributed by atoms with Crippen molar-refractivity contribution in [3.05, 3.63) is 35.6 Å². The molecule has 1 aromatic rings. The van der Waals surface area contributed by atoms with Crippen LogP contribution in [-0.2, 0) is 9.59 Å². The van der Waals surface area contributed by atoms with Gasteiger partial charge in [0.25, 0.3) is 0 Å². The Bertz CT molecular complexity index is 548. The molecule has 114 valence electrons. The molecular formula is C16H20FNO3. The smallest absolute Gasteiger partial charge is 0.307 e. The summed E-state index contributed by atoms with van der Waals surface area (Å²) in [6.07, 6.45) is 0.390. The molecule has 0 bridgehead atoms. The summed E-state index contributed by atoms with van der Waals surface area (Å²) in [6, 6.07) is 5.72. The Morgan fingerprint density at radius 1 is 1.24 bits per heavy atom. The van der Waals surface area contributed by atoms with Gasteiger partial charge in [-0.2, -0.15) is 0 Å². The molecule has 21 heavy (non-hydrogen) atoms. The second-order valence-corrected chi connectivity index (χ2v) is 6.65. The van der Waals surface area contributed by atoms with Crippen LogP contribution < -0.4 is 5.32 Å². The Kier molecular flexibility index (Phi) is 4.03. The van der Waals surface area contributed by atoms with E-state index < -0.39 is 17.8 Å². The van der Waals surface area contributed by atoms with Gasteiger partial charge in [0.1, 0.15) is 5.82 Å². The summed E-state index contributed by atoms with van der Waals surface area (Å²) in [5, 5.41) is 11.8. The number of carboxylic acid groups (broad SMARTS) is 1. The molecule has 1 aliphatic rings. The predicted octanol–water partition coefficient (Wildman–Crippen LogP) is 2.75. The van der Waals surface area contributed by atoms with E-state index in [2.05, 4.69) is 5.32 Å². The first kappa shape index (κ1) is 15.5. The summed E-state index contributed by atoms with van der Waals surface area (Å²) < 4.78 is 13.0. The fourth-order valence-corrected chi connectivity index (χ4v) is 2.46.